The Morgan fingerprint density at radius 1 is 1.03 bits per heavy atom. The van der Waals surface area contributed by atoms with Crippen molar-refractivity contribution in [2.24, 2.45) is 0 Å². The summed E-state index contributed by atoms with van der Waals surface area (Å²) in [5.74, 6) is -0.667. The highest BCUT2D eigenvalue weighted by molar-refractivity contribution is 6.46. The lowest BCUT2D eigenvalue weighted by atomic mass is 9.93. The summed E-state index contributed by atoms with van der Waals surface area (Å²) in [6, 6.07) is 13.7. The van der Waals surface area contributed by atoms with E-state index in [9.17, 15) is 14.7 Å². The van der Waals surface area contributed by atoms with Crippen molar-refractivity contribution in [1.82, 2.24) is 4.90 Å². The molecule has 2 N–H and O–H groups in total. The van der Waals surface area contributed by atoms with Crippen molar-refractivity contribution in [3.05, 3.63) is 70.8 Å². The number of hydrogen-bond donors (Lipinski definition) is 2. The maximum Gasteiger partial charge on any atom is 0.295 e. The van der Waals surface area contributed by atoms with Gasteiger partial charge >= 0.3 is 0 Å². The van der Waals surface area contributed by atoms with E-state index in [1.165, 1.54) is 4.90 Å². The number of ether oxygens (including phenoxy) is 2. The lowest BCUT2D eigenvalue weighted by Crippen LogP contribution is -2.33. The Hall–Kier alpha value is -3.16. The smallest absolute Gasteiger partial charge is 0.295 e. The largest absolute Gasteiger partial charge is 0.507 e. The van der Waals surface area contributed by atoms with Crippen molar-refractivity contribution in [3.63, 3.8) is 0 Å². The topological polar surface area (TPSA) is 96.3 Å². The SMILES string of the molecule is CCOc1ccc(/C(O)=C2\C(=O)C(=O)N(CCOCCO)[C@@H]2c2ccc(C(C)C)cc2)cc1. The Kier molecular flexibility index (Phi) is 8.25. The van der Waals surface area contributed by atoms with Gasteiger partial charge in [-0.05, 0) is 48.2 Å². The van der Waals surface area contributed by atoms with E-state index >= 15 is 0 Å². The summed E-state index contributed by atoms with van der Waals surface area (Å²) in [6.07, 6.45) is 0. The number of aliphatic hydroxyl groups excluding tert-OH is 2. The average Bonchev–Trinajstić information content (AvgIpc) is 3.07. The molecule has 7 heteroatoms. The summed E-state index contributed by atoms with van der Waals surface area (Å²) in [5, 5.41) is 20.0. The molecule has 1 heterocycles. The van der Waals surface area contributed by atoms with Crippen LogP contribution in [0, 0.1) is 0 Å². The highest BCUT2D eigenvalue weighted by atomic mass is 16.5. The van der Waals surface area contributed by atoms with Gasteiger partial charge in [-0.1, -0.05) is 38.1 Å². The number of benzene rings is 2. The van der Waals surface area contributed by atoms with E-state index in [0.717, 1.165) is 11.1 Å². The van der Waals surface area contributed by atoms with Crippen LogP contribution in [0.4, 0.5) is 0 Å². The van der Waals surface area contributed by atoms with Crippen molar-refractivity contribution >= 4 is 17.4 Å². The molecule has 33 heavy (non-hydrogen) atoms. The van der Waals surface area contributed by atoms with Gasteiger partial charge in [-0.15, -0.1) is 0 Å². The average molecular weight is 454 g/mol. The quantitative estimate of drug-likeness (QED) is 0.247. The Morgan fingerprint density at radius 2 is 1.70 bits per heavy atom. The molecule has 3 rings (SSSR count). The highest BCUT2D eigenvalue weighted by Crippen LogP contribution is 2.39. The fourth-order valence-electron chi connectivity index (χ4n) is 3.88. The van der Waals surface area contributed by atoms with Gasteiger partial charge in [0.25, 0.3) is 11.7 Å². The van der Waals surface area contributed by atoms with E-state index in [1.807, 2.05) is 31.2 Å². The van der Waals surface area contributed by atoms with Crippen molar-refractivity contribution in [2.45, 2.75) is 32.7 Å². The molecular weight excluding hydrogens is 422 g/mol. The number of aliphatic hydroxyl groups is 2. The van der Waals surface area contributed by atoms with Crippen LogP contribution in [-0.4, -0.2) is 59.8 Å². The molecule has 7 nitrogen and oxygen atoms in total. The zero-order valence-corrected chi connectivity index (χ0v) is 19.3. The van der Waals surface area contributed by atoms with Gasteiger partial charge in [0, 0.05) is 12.1 Å². The van der Waals surface area contributed by atoms with Gasteiger partial charge < -0.3 is 24.6 Å². The van der Waals surface area contributed by atoms with Gasteiger partial charge in [0.2, 0.25) is 0 Å². The third-order valence-corrected chi connectivity index (χ3v) is 5.61. The molecule has 1 fully saturated rings. The first-order valence-electron chi connectivity index (χ1n) is 11.2. The summed E-state index contributed by atoms with van der Waals surface area (Å²) in [7, 11) is 0. The maximum atomic E-state index is 13.0. The number of amides is 1. The number of likely N-dealkylation sites (tertiary alicyclic amines) is 1. The number of carbonyl (C=O) groups excluding carboxylic acids is 2. The van der Waals surface area contributed by atoms with E-state index in [0.29, 0.717) is 23.8 Å². The van der Waals surface area contributed by atoms with Gasteiger partial charge in [-0.3, -0.25) is 9.59 Å². The molecule has 1 aliphatic heterocycles. The molecular formula is C26H31NO6. The molecule has 0 unspecified atom stereocenters. The number of hydrogen-bond acceptors (Lipinski definition) is 6. The van der Waals surface area contributed by atoms with Gasteiger partial charge in [0.15, 0.2) is 0 Å². The maximum absolute atomic E-state index is 13.0. The Bertz CT molecular complexity index is 994. The number of Topliss-reactive ketones (excluding diaryl/α,β-unsaturated/α-hetero) is 1. The molecule has 0 saturated carbocycles. The molecule has 0 spiro atoms. The number of ketones is 1. The fraction of sp³-hybridized carbons (Fsp3) is 0.385. The van der Waals surface area contributed by atoms with Crippen LogP contribution in [0.1, 0.15) is 49.4 Å². The monoisotopic (exact) mass is 453 g/mol. The molecule has 176 valence electrons. The first-order valence-corrected chi connectivity index (χ1v) is 11.2. The van der Waals surface area contributed by atoms with Crippen LogP contribution < -0.4 is 4.74 Å². The zero-order valence-electron chi connectivity index (χ0n) is 19.3. The number of nitrogens with zero attached hydrogens (tertiary/aromatic N) is 1. The Balaban J connectivity index is 2.03. The summed E-state index contributed by atoms with van der Waals surface area (Å²) < 4.78 is 10.8. The molecule has 1 atom stereocenters. The van der Waals surface area contributed by atoms with Crippen molar-refractivity contribution in [1.29, 1.82) is 0 Å². The second-order valence-corrected chi connectivity index (χ2v) is 8.11. The molecule has 1 saturated heterocycles. The third-order valence-electron chi connectivity index (χ3n) is 5.61. The molecule has 2 aromatic carbocycles. The van der Waals surface area contributed by atoms with Crippen molar-refractivity contribution in [3.8, 4) is 5.75 Å². The predicted molar refractivity (Wildman–Crippen MR) is 125 cm³/mol. The highest BCUT2D eigenvalue weighted by Gasteiger charge is 2.45. The molecule has 0 bridgehead atoms. The van der Waals surface area contributed by atoms with Crippen LogP contribution >= 0.6 is 0 Å². The number of carbonyl (C=O) groups is 2. The number of rotatable bonds is 10. The van der Waals surface area contributed by atoms with Crippen molar-refractivity contribution in [2.75, 3.05) is 33.0 Å². The minimum Gasteiger partial charge on any atom is -0.507 e. The summed E-state index contributed by atoms with van der Waals surface area (Å²) in [6.45, 7) is 6.90. The second kappa shape index (κ2) is 11.1. The normalized spacial score (nSPS) is 17.7. The van der Waals surface area contributed by atoms with Crippen LogP contribution in [0.2, 0.25) is 0 Å². The molecule has 1 aliphatic rings. The Morgan fingerprint density at radius 3 is 2.27 bits per heavy atom. The summed E-state index contributed by atoms with van der Waals surface area (Å²) in [4.78, 5) is 27.4. The van der Waals surface area contributed by atoms with Crippen LogP contribution in [0.15, 0.2) is 54.1 Å². The summed E-state index contributed by atoms with van der Waals surface area (Å²) in [5.41, 5.74) is 2.34. The third kappa shape index (κ3) is 5.43. The van der Waals surface area contributed by atoms with E-state index in [1.54, 1.807) is 24.3 Å². The van der Waals surface area contributed by atoms with Crippen molar-refractivity contribution < 1.29 is 29.3 Å². The van der Waals surface area contributed by atoms with Gasteiger partial charge in [-0.25, -0.2) is 0 Å². The van der Waals surface area contributed by atoms with E-state index < -0.39 is 17.7 Å². The van der Waals surface area contributed by atoms with Crippen LogP contribution in [-0.2, 0) is 14.3 Å². The second-order valence-electron chi connectivity index (χ2n) is 8.11. The van der Waals surface area contributed by atoms with Gasteiger partial charge in [0.05, 0.1) is 38.0 Å². The Labute approximate surface area is 194 Å². The summed E-state index contributed by atoms with van der Waals surface area (Å²) >= 11 is 0. The minimum atomic E-state index is -0.740. The van der Waals surface area contributed by atoms with Gasteiger partial charge in [0.1, 0.15) is 11.5 Å². The fourth-order valence-corrected chi connectivity index (χ4v) is 3.88. The zero-order chi connectivity index (χ0) is 24.0. The van der Waals surface area contributed by atoms with Crippen LogP contribution in [0.25, 0.3) is 5.76 Å². The predicted octanol–water partition coefficient (Wildman–Crippen LogP) is 3.64. The minimum absolute atomic E-state index is 0.0450. The molecule has 0 radical (unpaired) electrons. The van der Waals surface area contributed by atoms with Crippen LogP contribution in [0.3, 0.4) is 0 Å². The molecule has 0 aliphatic carbocycles. The first-order chi connectivity index (χ1) is 15.9. The molecule has 2 aromatic rings. The van der Waals surface area contributed by atoms with E-state index in [4.69, 9.17) is 14.6 Å². The standard InChI is InChI=1S/C26H31NO6/c1-4-33-21-11-9-20(10-12-21)24(29)22-23(19-7-5-18(6-8-19)17(2)3)27(26(31)25(22)30)13-15-32-16-14-28/h5-12,17,23,28-29H,4,13-16H2,1-3H3/b24-22+/t23-/m1/s1. The lowest BCUT2D eigenvalue weighted by molar-refractivity contribution is -0.140. The van der Waals surface area contributed by atoms with Gasteiger partial charge in [-0.2, -0.15) is 0 Å². The van der Waals surface area contributed by atoms with E-state index in [-0.39, 0.29) is 37.7 Å². The lowest BCUT2D eigenvalue weighted by Gasteiger charge is -2.25. The molecule has 0 aromatic heterocycles. The van der Waals surface area contributed by atoms with E-state index in [2.05, 4.69) is 13.8 Å². The van der Waals surface area contributed by atoms with Crippen LogP contribution in [0.5, 0.6) is 5.75 Å². The first kappa shape index (κ1) is 24.5. The molecule has 1 amide bonds.